The number of hydrogen-bond acceptors (Lipinski definition) is 6. The van der Waals surface area contributed by atoms with Gasteiger partial charge in [0.05, 0.1) is 17.9 Å². The molecule has 1 atom stereocenters. The van der Waals surface area contributed by atoms with Crippen molar-refractivity contribution >= 4 is 17.7 Å². The summed E-state index contributed by atoms with van der Waals surface area (Å²) in [5.74, 6) is 2.57. The SMILES string of the molecule is COC(=O)c1ccc(CSC(C)c2nc(C3CC3)no2)cc1. The van der Waals surface area contributed by atoms with E-state index in [0.717, 1.165) is 17.1 Å². The minimum atomic E-state index is -0.314. The molecule has 1 aliphatic carbocycles. The standard InChI is InChI=1S/C16H18N2O3S/c1-10(15-17-14(18-21-15)12-7-8-12)22-9-11-3-5-13(6-4-11)16(19)20-2/h3-6,10,12H,7-9H2,1-2H3. The highest BCUT2D eigenvalue weighted by Crippen LogP contribution is 2.39. The summed E-state index contributed by atoms with van der Waals surface area (Å²) in [6.07, 6.45) is 2.35. The average Bonchev–Trinajstić information content (AvgIpc) is 3.29. The zero-order valence-electron chi connectivity index (χ0n) is 12.6. The van der Waals surface area contributed by atoms with Crippen LogP contribution in [0, 0.1) is 0 Å². The van der Waals surface area contributed by atoms with Gasteiger partial charge in [-0.3, -0.25) is 0 Å². The maximum atomic E-state index is 11.4. The van der Waals surface area contributed by atoms with Gasteiger partial charge in [-0.05, 0) is 37.5 Å². The zero-order valence-corrected chi connectivity index (χ0v) is 13.4. The van der Waals surface area contributed by atoms with Crippen LogP contribution in [0.4, 0.5) is 0 Å². The number of nitrogens with zero attached hydrogens (tertiary/aromatic N) is 2. The first-order valence-corrected chi connectivity index (χ1v) is 8.34. The first-order valence-electron chi connectivity index (χ1n) is 7.29. The second-order valence-electron chi connectivity index (χ2n) is 5.41. The van der Waals surface area contributed by atoms with Crippen molar-refractivity contribution in [3.63, 3.8) is 0 Å². The van der Waals surface area contributed by atoms with Crippen molar-refractivity contribution in [3.8, 4) is 0 Å². The molecule has 0 aliphatic heterocycles. The number of hydrogen-bond donors (Lipinski definition) is 0. The number of benzene rings is 1. The predicted molar refractivity (Wildman–Crippen MR) is 83.8 cm³/mol. The lowest BCUT2D eigenvalue weighted by atomic mass is 10.1. The van der Waals surface area contributed by atoms with Crippen LogP contribution in [0.2, 0.25) is 0 Å². The summed E-state index contributed by atoms with van der Waals surface area (Å²) in [6.45, 7) is 2.07. The monoisotopic (exact) mass is 318 g/mol. The van der Waals surface area contributed by atoms with Crippen LogP contribution in [0.5, 0.6) is 0 Å². The summed E-state index contributed by atoms with van der Waals surface area (Å²) in [6, 6.07) is 7.44. The Morgan fingerprint density at radius 3 is 2.77 bits per heavy atom. The Labute approximate surface area is 133 Å². The highest BCUT2D eigenvalue weighted by atomic mass is 32.2. The van der Waals surface area contributed by atoms with E-state index in [-0.39, 0.29) is 11.2 Å². The molecule has 1 heterocycles. The smallest absolute Gasteiger partial charge is 0.337 e. The quantitative estimate of drug-likeness (QED) is 0.756. The summed E-state index contributed by atoms with van der Waals surface area (Å²) >= 11 is 1.74. The first-order chi connectivity index (χ1) is 10.7. The van der Waals surface area contributed by atoms with Crippen molar-refractivity contribution in [3.05, 3.63) is 47.1 Å². The number of methoxy groups -OCH3 is 1. The van der Waals surface area contributed by atoms with E-state index in [9.17, 15) is 4.79 Å². The van der Waals surface area contributed by atoms with Gasteiger partial charge in [0.1, 0.15) is 0 Å². The van der Waals surface area contributed by atoms with Gasteiger partial charge in [-0.2, -0.15) is 4.98 Å². The molecule has 0 spiro atoms. The highest BCUT2D eigenvalue weighted by Gasteiger charge is 2.29. The maximum absolute atomic E-state index is 11.4. The molecule has 22 heavy (non-hydrogen) atoms. The first kappa shape index (κ1) is 15.1. The molecule has 3 rings (SSSR count). The minimum Gasteiger partial charge on any atom is -0.465 e. The second-order valence-corrected chi connectivity index (χ2v) is 6.74. The largest absolute Gasteiger partial charge is 0.465 e. The van der Waals surface area contributed by atoms with Gasteiger partial charge in [0.15, 0.2) is 5.82 Å². The van der Waals surface area contributed by atoms with E-state index in [1.54, 1.807) is 23.9 Å². The summed E-state index contributed by atoms with van der Waals surface area (Å²) in [5.41, 5.74) is 1.71. The molecular weight excluding hydrogens is 300 g/mol. The van der Waals surface area contributed by atoms with E-state index < -0.39 is 0 Å². The number of esters is 1. The Hall–Kier alpha value is -1.82. The average molecular weight is 318 g/mol. The predicted octanol–water partition coefficient (Wildman–Crippen LogP) is 3.73. The Kier molecular flexibility index (Phi) is 4.47. The molecule has 5 nitrogen and oxygen atoms in total. The van der Waals surface area contributed by atoms with Gasteiger partial charge < -0.3 is 9.26 Å². The van der Waals surface area contributed by atoms with Crippen LogP contribution in [0.1, 0.15) is 58.6 Å². The number of ether oxygens (including phenoxy) is 1. The Morgan fingerprint density at radius 2 is 2.14 bits per heavy atom. The van der Waals surface area contributed by atoms with Crippen molar-refractivity contribution in [2.45, 2.75) is 36.7 Å². The van der Waals surface area contributed by atoms with Crippen LogP contribution in [-0.2, 0) is 10.5 Å². The summed E-state index contributed by atoms with van der Waals surface area (Å²) in [5, 5.41) is 4.20. The molecule has 0 saturated heterocycles. The van der Waals surface area contributed by atoms with Crippen LogP contribution in [-0.4, -0.2) is 23.2 Å². The highest BCUT2D eigenvalue weighted by molar-refractivity contribution is 7.98. The second kappa shape index (κ2) is 6.52. The fourth-order valence-corrected chi connectivity index (χ4v) is 2.94. The summed E-state index contributed by atoms with van der Waals surface area (Å²) in [7, 11) is 1.38. The zero-order chi connectivity index (χ0) is 15.5. The van der Waals surface area contributed by atoms with Crippen LogP contribution in [0.15, 0.2) is 28.8 Å². The number of carbonyl (C=O) groups is 1. The third-order valence-electron chi connectivity index (χ3n) is 3.62. The van der Waals surface area contributed by atoms with Gasteiger partial charge in [-0.15, -0.1) is 11.8 Å². The fraction of sp³-hybridized carbons (Fsp3) is 0.438. The molecule has 1 fully saturated rings. The van der Waals surface area contributed by atoms with E-state index in [4.69, 9.17) is 4.52 Å². The van der Waals surface area contributed by atoms with Gasteiger partial charge in [0.2, 0.25) is 5.89 Å². The van der Waals surface area contributed by atoms with Gasteiger partial charge >= 0.3 is 5.97 Å². The van der Waals surface area contributed by atoms with Crippen LogP contribution in [0.25, 0.3) is 0 Å². The van der Waals surface area contributed by atoms with Crippen LogP contribution >= 0.6 is 11.8 Å². The maximum Gasteiger partial charge on any atom is 0.337 e. The topological polar surface area (TPSA) is 65.2 Å². The van der Waals surface area contributed by atoms with E-state index in [0.29, 0.717) is 17.4 Å². The number of rotatable bonds is 6. The van der Waals surface area contributed by atoms with E-state index in [1.165, 1.54) is 20.0 Å². The van der Waals surface area contributed by atoms with E-state index >= 15 is 0 Å². The molecule has 1 unspecified atom stereocenters. The molecule has 1 aliphatic rings. The van der Waals surface area contributed by atoms with E-state index in [1.807, 2.05) is 12.1 Å². The third-order valence-corrected chi connectivity index (χ3v) is 4.82. The van der Waals surface area contributed by atoms with Crippen molar-refractivity contribution in [1.29, 1.82) is 0 Å². The van der Waals surface area contributed by atoms with Crippen LogP contribution < -0.4 is 0 Å². The molecule has 0 amide bonds. The fourth-order valence-electron chi connectivity index (χ4n) is 2.07. The molecule has 1 saturated carbocycles. The van der Waals surface area contributed by atoms with Gasteiger partial charge in [0.25, 0.3) is 0 Å². The van der Waals surface area contributed by atoms with Gasteiger partial charge in [-0.1, -0.05) is 17.3 Å². The lowest BCUT2D eigenvalue weighted by molar-refractivity contribution is 0.0600. The number of carbonyl (C=O) groups excluding carboxylic acids is 1. The van der Waals surface area contributed by atoms with Crippen LogP contribution in [0.3, 0.4) is 0 Å². The molecular formula is C16H18N2O3S. The molecule has 2 aromatic rings. The molecule has 0 N–H and O–H groups in total. The van der Waals surface area contributed by atoms with E-state index in [2.05, 4.69) is 21.8 Å². The normalized spacial score (nSPS) is 15.5. The van der Waals surface area contributed by atoms with Crippen molar-refractivity contribution < 1.29 is 14.1 Å². The summed E-state index contributed by atoms with van der Waals surface area (Å²) < 4.78 is 10.0. The Balaban J connectivity index is 1.55. The Bertz CT molecular complexity index is 650. The lowest BCUT2D eigenvalue weighted by Crippen LogP contribution is -2.00. The van der Waals surface area contributed by atoms with Gasteiger partial charge in [-0.25, -0.2) is 4.79 Å². The molecule has 6 heteroatoms. The number of thioether (sulfide) groups is 1. The molecule has 1 aromatic heterocycles. The third kappa shape index (κ3) is 3.50. The molecule has 0 radical (unpaired) electrons. The van der Waals surface area contributed by atoms with Gasteiger partial charge in [0, 0.05) is 11.7 Å². The Morgan fingerprint density at radius 1 is 1.41 bits per heavy atom. The molecule has 1 aromatic carbocycles. The lowest BCUT2D eigenvalue weighted by Gasteiger charge is -2.07. The minimum absolute atomic E-state index is 0.153. The van der Waals surface area contributed by atoms with Crippen molar-refractivity contribution in [1.82, 2.24) is 10.1 Å². The van der Waals surface area contributed by atoms with Crippen molar-refractivity contribution in [2.24, 2.45) is 0 Å². The number of aromatic nitrogens is 2. The summed E-state index contributed by atoms with van der Waals surface area (Å²) in [4.78, 5) is 15.9. The van der Waals surface area contributed by atoms with Crippen molar-refractivity contribution in [2.75, 3.05) is 7.11 Å². The molecule has 0 bridgehead atoms. The molecule has 116 valence electrons.